The van der Waals surface area contributed by atoms with Gasteiger partial charge in [-0.25, -0.2) is 0 Å². The van der Waals surface area contributed by atoms with Crippen LogP contribution in [-0.2, 0) is 33.9 Å². The van der Waals surface area contributed by atoms with Gasteiger partial charge in [0.2, 0.25) is 0 Å². The van der Waals surface area contributed by atoms with Crippen LogP contribution < -0.4 is 0 Å². The third kappa shape index (κ3) is 2.81. The Bertz CT molecular complexity index is 1100. The summed E-state index contributed by atoms with van der Waals surface area (Å²) in [6, 6.07) is 11.1. The van der Waals surface area contributed by atoms with E-state index in [2.05, 4.69) is 16.0 Å². The molecule has 7 heteroatoms. The van der Waals surface area contributed by atoms with Crippen LogP contribution in [-0.4, -0.2) is 39.9 Å². The highest BCUT2D eigenvalue weighted by atomic mass is 16.5. The van der Waals surface area contributed by atoms with Crippen LogP contribution in [0, 0.1) is 5.92 Å². The SMILES string of the molecule is COC(=O)C1C[C@H]2c3[nH]c4ccccc4c3CC(C1=O)N2Cc1ccc(CO)o1. The van der Waals surface area contributed by atoms with Gasteiger partial charge >= 0.3 is 5.97 Å². The molecule has 2 aliphatic rings. The molecule has 0 aliphatic carbocycles. The number of para-hydroxylation sites is 1. The molecule has 2 aliphatic heterocycles. The molecule has 29 heavy (non-hydrogen) atoms. The van der Waals surface area contributed by atoms with E-state index in [1.165, 1.54) is 7.11 Å². The number of hydrogen-bond donors (Lipinski definition) is 2. The van der Waals surface area contributed by atoms with Crippen molar-refractivity contribution in [2.24, 2.45) is 5.92 Å². The van der Waals surface area contributed by atoms with Gasteiger partial charge in [-0.15, -0.1) is 0 Å². The number of nitrogens with zero attached hydrogens (tertiary/aromatic N) is 1. The van der Waals surface area contributed by atoms with E-state index in [0.29, 0.717) is 30.9 Å². The highest BCUT2D eigenvalue weighted by Gasteiger charge is 2.50. The Morgan fingerprint density at radius 1 is 1.24 bits per heavy atom. The van der Waals surface area contributed by atoms with Crippen molar-refractivity contribution in [2.75, 3.05) is 7.11 Å². The molecule has 1 aromatic carbocycles. The van der Waals surface area contributed by atoms with Crippen LogP contribution in [0.5, 0.6) is 0 Å². The summed E-state index contributed by atoms with van der Waals surface area (Å²) in [7, 11) is 1.32. The number of piperidine rings is 1. The average molecular weight is 394 g/mol. The molecule has 0 amide bonds. The van der Waals surface area contributed by atoms with Crippen molar-refractivity contribution in [3.8, 4) is 0 Å². The molecule has 2 N–H and O–H groups in total. The highest BCUT2D eigenvalue weighted by molar-refractivity contribution is 6.03. The molecule has 1 saturated heterocycles. The number of carbonyl (C=O) groups excluding carboxylic acids is 2. The van der Waals surface area contributed by atoms with Crippen LogP contribution in [0.3, 0.4) is 0 Å². The summed E-state index contributed by atoms with van der Waals surface area (Å²) < 4.78 is 10.6. The normalized spacial score (nSPS) is 23.9. The van der Waals surface area contributed by atoms with Crippen molar-refractivity contribution >= 4 is 22.7 Å². The molecule has 0 radical (unpaired) electrons. The lowest BCUT2D eigenvalue weighted by atomic mass is 9.76. The monoisotopic (exact) mass is 394 g/mol. The zero-order valence-corrected chi connectivity index (χ0v) is 16.1. The predicted molar refractivity (Wildman–Crippen MR) is 104 cm³/mol. The minimum atomic E-state index is -0.754. The second-order valence-corrected chi connectivity index (χ2v) is 7.71. The van der Waals surface area contributed by atoms with Crippen LogP contribution in [0.4, 0.5) is 0 Å². The van der Waals surface area contributed by atoms with Gasteiger partial charge < -0.3 is 19.2 Å². The maximum Gasteiger partial charge on any atom is 0.316 e. The van der Waals surface area contributed by atoms with Crippen molar-refractivity contribution in [3.63, 3.8) is 0 Å². The first-order chi connectivity index (χ1) is 14.1. The molecule has 0 spiro atoms. The fourth-order valence-electron chi connectivity index (χ4n) is 4.86. The Kier molecular flexibility index (Phi) is 4.29. The van der Waals surface area contributed by atoms with Gasteiger partial charge in [-0.1, -0.05) is 18.2 Å². The molecular formula is C22H22N2O5. The number of aromatic nitrogens is 1. The number of furan rings is 1. The number of benzene rings is 1. The largest absolute Gasteiger partial charge is 0.468 e. The molecule has 0 saturated carbocycles. The summed E-state index contributed by atoms with van der Waals surface area (Å²) in [5, 5.41) is 10.4. The summed E-state index contributed by atoms with van der Waals surface area (Å²) in [6.45, 7) is 0.270. The number of ketones is 1. The number of esters is 1. The zero-order valence-electron chi connectivity index (χ0n) is 16.1. The number of H-pyrrole nitrogens is 1. The number of hydrogen-bond acceptors (Lipinski definition) is 6. The molecule has 2 bridgehead atoms. The van der Waals surface area contributed by atoms with Crippen molar-refractivity contribution in [2.45, 2.75) is 38.1 Å². The summed E-state index contributed by atoms with van der Waals surface area (Å²) in [5.74, 6) is -0.140. The first-order valence-corrected chi connectivity index (χ1v) is 9.76. The van der Waals surface area contributed by atoms with E-state index in [1.54, 1.807) is 6.07 Å². The number of ether oxygens (including phenoxy) is 1. The van der Waals surface area contributed by atoms with Gasteiger partial charge in [-0.3, -0.25) is 14.5 Å². The molecule has 3 atom stereocenters. The van der Waals surface area contributed by atoms with E-state index in [-0.39, 0.29) is 18.4 Å². The Hall–Kier alpha value is -2.90. The number of aromatic amines is 1. The maximum absolute atomic E-state index is 13.2. The third-order valence-electron chi connectivity index (χ3n) is 6.21. The lowest BCUT2D eigenvalue weighted by molar-refractivity contribution is -0.156. The van der Waals surface area contributed by atoms with Crippen LogP contribution in [0.15, 0.2) is 40.8 Å². The molecule has 5 rings (SSSR count). The number of rotatable bonds is 4. The Labute approximate surface area is 167 Å². The molecule has 4 heterocycles. The summed E-state index contributed by atoms with van der Waals surface area (Å²) >= 11 is 0. The van der Waals surface area contributed by atoms with E-state index in [9.17, 15) is 14.7 Å². The van der Waals surface area contributed by atoms with Gasteiger partial charge in [0.1, 0.15) is 24.0 Å². The van der Waals surface area contributed by atoms with Crippen molar-refractivity contribution in [1.82, 2.24) is 9.88 Å². The van der Waals surface area contributed by atoms with Gasteiger partial charge in [0.15, 0.2) is 5.78 Å². The average Bonchev–Trinajstić information content (AvgIpc) is 3.34. The van der Waals surface area contributed by atoms with Gasteiger partial charge in [0.05, 0.1) is 25.7 Å². The Morgan fingerprint density at radius 2 is 2.03 bits per heavy atom. The van der Waals surface area contributed by atoms with E-state index < -0.39 is 17.9 Å². The standard InChI is InChI=1S/C22H22N2O5/c1-28-22(27)16-9-18-20-15(14-4-2-3-5-17(14)23-20)8-19(21(16)26)24(18)10-12-6-7-13(11-25)29-12/h2-7,16,18-19,23,25H,8-11H2,1H3/t16?,18-,19?/m0/s1. The molecule has 1 fully saturated rings. The van der Waals surface area contributed by atoms with Gasteiger partial charge in [0.25, 0.3) is 0 Å². The van der Waals surface area contributed by atoms with Gasteiger partial charge in [-0.2, -0.15) is 0 Å². The van der Waals surface area contributed by atoms with E-state index in [4.69, 9.17) is 9.15 Å². The number of aliphatic hydroxyl groups is 1. The molecule has 2 aromatic heterocycles. The minimum Gasteiger partial charge on any atom is -0.468 e. The predicted octanol–water partition coefficient (Wildman–Crippen LogP) is 2.48. The lowest BCUT2D eigenvalue weighted by Crippen LogP contribution is -2.56. The van der Waals surface area contributed by atoms with Crippen molar-refractivity contribution in [3.05, 3.63) is 59.2 Å². The second kappa shape index (κ2) is 6.86. The van der Waals surface area contributed by atoms with Crippen molar-refractivity contribution < 1.29 is 23.8 Å². The number of nitrogens with one attached hydrogen (secondary N) is 1. The first kappa shape index (κ1) is 18.1. The van der Waals surface area contributed by atoms with Crippen LogP contribution >= 0.6 is 0 Å². The molecule has 7 nitrogen and oxygen atoms in total. The number of aliphatic hydroxyl groups excluding tert-OH is 1. The Balaban J connectivity index is 1.58. The molecule has 150 valence electrons. The lowest BCUT2D eigenvalue weighted by Gasteiger charge is -2.46. The van der Waals surface area contributed by atoms with Crippen LogP contribution in [0.2, 0.25) is 0 Å². The Morgan fingerprint density at radius 3 is 2.79 bits per heavy atom. The first-order valence-electron chi connectivity index (χ1n) is 9.76. The van der Waals surface area contributed by atoms with E-state index in [0.717, 1.165) is 22.2 Å². The fourth-order valence-corrected chi connectivity index (χ4v) is 4.86. The topological polar surface area (TPSA) is 95.8 Å². The minimum absolute atomic E-state index is 0.0991. The fraction of sp³-hybridized carbons (Fsp3) is 0.364. The molecule has 3 aromatic rings. The third-order valence-corrected chi connectivity index (χ3v) is 6.21. The summed E-state index contributed by atoms with van der Waals surface area (Å²) in [4.78, 5) is 31.2. The summed E-state index contributed by atoms with van der Waals surface area (Å²) in [6.07, 6.45) is 0.908. The maximum atomic E-state index is 13.2. The number of Topliss-reactive ketones (excluding diaryl/α,β-unsaturated/α-hetero) is 1. The van der Waals surface area contributed by atoms with Gasteiger partial charge in [0, 0.05) is 16.6 Å². The molecule has 2 unspecified atom stereocenters. The van der Waals surface area contributed by atoms with E-state index in [1.807, 2.05) is 24.3 Å². The van der Waals surface area contributed by atoms with Crippen molar-refractivity contribution in [1.29, 1.82) is 0 Å². The zero-order chi connectivity index (χ0) is 20.1. The molecular weight excluding hydrogens is 372 g/mol. The number of fused-ring (bicyclic) bond motifs is 6. The van der Waals surface area contributed by atoms with Crippen LogP contribution in [0.1, 0.15) is 35.2 Å². The number of methoxy groups -OCH3 is 1. The quantitative estimate of drug-likeness (QED) is 0.521. The summed E-state index contributed by atoms with van der Waals surface area (Å²) in [5.41, 5.74) is 3.24. The smallest absolute Gasteiger partial charge is 0.316 e. The number of carbonyl (C=O) groups is 2. The van der Waals surface area contributed by atoms with E-state index >= 15 is 0 Å². The highest BCUT2D eigenvalue weighted by Crippen LogP contribution is 2.45. The second-order valence-electron chi connectivity index (χ2n) is 7.71. The van der Waals surface area contributed by atoms with Crippen LogP contribution in [0.25, 0.3) is 10.9 Å². The van der Waals surface area contributed by atoms with Gasteiger partial charge in [-0.05, 0) is 36.6 Å².